The van der Waals surface area contributed by atoms with Gasteiger partial charge in [0.1, 0.15) is 36.1 Å². The number of primary amides is 1. The van der Waals surface area contributed by atoms with Crippen LogP contribution in [0.4, 0.5) is 4.79 Å². The van der Waals surface area contributed by atoms with Crippen LogP contribution in [0.25, 0.3) is 10.9 Å². The van der Waals surface area contributed by atoms with E-state index in [9.17, 15) is 24.0 Å². The lowest BCUT2D eigenvalue weighted by Gasteiger charge is -2.26. The molecule has 4 amide bonds. The molecule has 0 saturated heterocycles. The molecule has 15 heteroatoms. The number of hydrogen-bond donors (Lipinski definition) is 5. The molecule has 52 heavy (non-hydrogen) atoms. The molecule has 0 radical (unpaired) electrons. The standard InChI is InChI=1S/C37H41BrIN5O8/c1-37(2,3)52-36(49)44-27(16-22-13-14-30(26(39)15-22)51-20-21-9-6-5-7-10-21)33(46)42-28(18-31(40)45)34(47)43-29(35(48)50-4)17-23-19-41-32-24(23)11-8-12-25(32)38/h5-15,19,27-29,41H,16-18,20H2,1-4H3,(H2,40,45)(H,42,46)(H,43,47)(H,44,49)/t27-,28-,29-/m0/s1. The Kier molecular flexibility index (Phi) is 14.1. The number of methoxy groups -OCH3 is 1. The van der Waals surface area contributed by atoms with Gasteiger partial charge in [0, 0.05) is 28.9 Å². The van der Waals surface area contributed by atoms with Gasteiger partial charge in [-0.25, -0.2) is 9.59 Å². The first-order valence-corrected chi connectivity index (χ1v) is 18.2. The number of nitrogens with two attached hydrogens (primary N) is 1. The Morgan fingerprint density at radius 2 is 1.56 bits per heavy atom. The molecule has 0 fully saturated rings. The third kappa shape index (κ3) is 11.7. The van der Waals surface area contributed by atoms with Crippen LogP contribution in [0.1, 0.15) is 43.9 Å². The minimum Gasteiger partial charge on any atom is -0.488 e. The van der Waals surface area contributed by atoms with Gasteiger partial charge >= 0.3 is 12.1 Å². The van der Waals surface area contributed by atoms with E-state index in [-0.39, 0.29) is 12.8 Å². The highest BCUT2D eigenvalue weighted by atomic mass is 127. The Morgan fingerprint density at radius 1 is 0.865 bits per heavy atom. The molecule has 3 aromatic carbocycles. The van der Waals surface area contributed by atoms with Gasteiger partial charge in [-0.2, -0.15) is 0 Å². The van der Waals surface area contributed by atoms with Crippen LogP contribution in [0.5, 0.6) is 5.75 Å². The number of halogens is 2. The lowest BCUT2D eigenvalue weighted by Crippen LogP contribution is -2.57. The second-order valence-electron chi connectivity index (χ2n) is 12.9. The number of nitrogens with one attached hydrogen (secondary N) is 4. The van der Waals surface area contributed by atoms with Crippen LogP contribution in [0.2, 0.25) is 0 Å². The van der Waals surface area contributed by atoms with Gasteiger partial charge in [0.05, 0.1) is 22.6 Å². The van der Waals surface area contributed by atoms with Crippen molar-refractivity contribution in [2.75, 3.05) is 7.11 Å². The van der Waals surface area contributed by atoms with Gasteiger partial charge in [0.15, 0.2) is 0 Å². The Hall–Kier alpha value is -4.64. The first-order valence-electron chi connectivity index (χ1n) is 16.3. The number of para-hydroxylation sites is 1. The highest BCUT2D eigenvalue weighted by Gasteiger charge is 2.32. The van der Waals surface area contributed by atoms with Crippen LogP contribution in [-0.4, -0.2) is 65.6 Å². The van der Waals surface area contributed by atoms with Gasteiger partial charge in [-0.05, 0) is 94.2 Å². The summed E-state index contributed by atoms with van der Waals surface area (Å²) in [6.07, 6.45) is 0.300. The first-order chi connectivity index (χ1) is 24.6. The molecule has 13 nitrogen and oxygen atoms in total. The number of rotatable bonds is 15. The number of aromatic nitrogens is 1. The summed E-state index contributed by atoms with van der Waals surface area (Å²) in [6, 6.07) is 16.7. The number of fused-ring (bicyclic) bond motifs is 1. The topological polar surface area (TPSA) is 191 Å². The summed E-state index contributed by atoms with van der Waals surface area (Å²) in [5.74, 6) is -2.63. The third-order valence-electron chi connectivity index (χ3n) is 7.70. The van der Waals surface area contributed by atoms with E-state index in [4.69, 9.17) is 19.9 Å². The lowest BCUT2D eigenvalue weighted by molar-refractivity contribution is -0.145. The van der Waals surface area contributed by atoms with E-state index in [1.807, 2.05) is 54.6 Å². The maximum absolute atomic E-state index is 13.8. The maximum atomic E-state index is 13.8. The lowest BCUT2D eigenvalue weighted by atomic mass is 10.0. The minimum atomic E-state index is -1.49. The SMILES string of the molecule is COC(=O)[C@H](Cc1c[nH]c2c(Br)cccc12)NC(=O)[C@H](CC(N)=O)NC(=O)[C@H](Cc1ccc(OCc2ccccc2)c(I)c1)NC(=O)OC(C)(C)C. The Morgan fingerprint density at radius 3 is 2.21 bits per heavy atom. The van der Waals surface area contributed by atoms with Crippen molar-refractivity contribution < 1.29 is 38.2 Å². The Labute approximate surface area is 323 Å². The van der Waals surface area contributed by atoms with E-state index in [2.05, 4.69) is 59.5 Å². The van der Waals surface area contributed by atoms with Crippen molar-refractivity contribution in [1.29, 1.82) is 0 Å². The average Bonchev–Trinajstić information content (AvgIpc) is 3.49. The predicted molar refractivity (Wildman–Crippen MR) is 206 cm³/mol. The van der Waals surface area contributed by atoms with Crippen LogP contribution in [0.15, 0.2) is 77.4 Å². The number of esters is 1. The molecule has 4 rings (SSSR count). The van der Waals surface area contributed by atoms with Gasteiger partial charge in [0.2, 0.25) is 17.7 Å². The largest absolute Gasteiger partial charge is 0.488 e. The number of alkyl carbamates (subject to hydrolysis) is 1. The second kappa shape index (κ2) is 18.2. The molecular weight excluding hydrogens is 849 g/mol. The zero-order valence-corrected chi connectivity index (χ0v) is 32.8. The van der Waals surface area contributed by atoms with Crippen molar-refractivity contribution in [3.8, 4) is 5.75 Å². The van der Waals surface area contributed by atoms with Gasteiger partial charge < -0.3 is 40.9 Å². The number of benzene rings is 3. The van der Waals surface area contributed by atoms with Crippen molar-refractivity contribution in [2.45, 2.75) is 70.4 Å². The number of aromatic amines is 1. The zero-order chi connectivity index (χ0) is 38.0. The number of H-pyrrole nitrogens is 1. The molecule has 0 aliphatic heterocycles. The predicted octanol–water partition coefficient (Wildman–Crippen LogP) is 4.81. The summed E-state index contributed by atoms with van der Waals surface area (Å²) in [5.41, 5.74) is 7.80. The molecular formula is C37H41BrIN5O8. The fourth-order valence-corrected chi connectivity index (χ4v) is 6.49. The highest BCUT2D eigenvalue weighted by Crippen LogP contribution is 2.27. The van der Waals surface area contributed by atoms with Crippen LogP contribution in [0, 0.1) is 3.57 Å². The smallest absolute Gasteiger partial charge is 0.408 e. The van der Waals surface area contributed by atoms with Crippen molar-refractivity contribution in [3.05, 3.63) is 97.7 Å². The number of hydrogen-bond acceptors (Lipinski definition) is 8. The maximum Gasteiger partial charge on any atom is 0.408 e. The molecule has 4 aromatic rings. The van der Waals surface area contributed by atoms with E-state index in [0.717, 1.165) is 30.1 Å². The van der Waals surface area contributed by atoms with E-state index < -0.39 is 59.9 Å². The van der Waals surface area contributed by atoms with Gasteiger partial charge in [0.25, 0.3) is 0 Å². The summed E-state index contributed by atoms with van der Waals surface area (Å²) in [6.45, 7) is 5.40. The van der Waals surface area contributed by atoms with Crippen molar-refractivity contribution in [2.24, 2.45) is 5.73 Å². The first kappa shape index (κ1) is 40.1. The number of ether oxygens (including phenoxy) is 3. The second-order valence-corrected chi connectivity index (χ2v) is 15.0. The summed E-state index contributed by atoms with van der Waals surface area (Å²) in [5, 5.41) is 8.56. The number of amides is 4. The van der Waals surface area contributed by atoms with E-state index in [1.165, 1.54) is 7.11 Å². The molecule has 276 valence electrons. The monoisotopic (exact) mass is 889 g/mol. The summed E-state index contributed by atoms with van der Waals surface area (Å²) < 4.78 is 17.9. The summed E-state index contributed by atoms with van der Waals surface area (Å²) in [4.78, 5) is 68.4. The fourth-order valence-electron chi connectivity index (χ4n) is 5.27. The highest BCUT2D eigenvalue weighted by molar-refractivity contribution is 14.1. The minimum absolute atomic E-state index is 0.00807. The van der Waals surface area contributed by atoms with E-state index in [1.54, 1.807) is 39.1 Å². The van der Waals surface area contributed by atoms with Crippen LogP contribution in [0.3, 0.4) is 0 Å². The molecule has 6 N–H and O–H groups in total. The number of carbonyl (C=O) groups is 5. The zero-order valence-electron chi connectivity index (χ0n) is 29.1. The average molecular weight is 891 g/mol. The van der Waals surface area contributed by atoms with Gasteiger partial charge in [-0.1, -0.05) is 48.5 Å². The van der Waals surface area contributed by atoms with Crippen molar-refractivity contribution in [1.82, 2.24) is 20.9 Å². The van der Waals surface area contributed by atoms with Gasteiger partial charge in [-0.3, -0.25) is 14.4 Å². The molecule has 0 bridgehead atoms. The molecule has 1 heterocycles. The molecule has 0 saturated carbocycles. The number of carbonyl (C=O) groups excluding carboxylic acids is 5. The Balaban J connectivity index is 1.53. The van der Waals surface area contributed by atoms with Crippen LogP contribution in [-0.2, 0) is 48.1 Å². The van der Waals surface area contributed by atoms with E-state index >= 15 is 0 Å². The normalized spacial score (nSPS) is 13.0. The van der Waals surface area contributed by atoms with Crippen molar-refractivity contribution >= 4 is 79.2 Å². The van der Waals surface area contributed by atoms with Crippen molar-refractivity contribution in [3.63, 3.8) is 0 Å². The quantitative estimate of drug-likeness (QED) is 0.0830. The van der Waals surface area contributed by atoms with E-state index in [0.29, 0.717) is 17.9 Å². The van der Waals surface area contributed by atoms with Crippen LogP contribution >= 0.6 is 38.5 Å². The molecule has 0 aliphatic carbocycles. The van der Waals surface area contributed by atoms with Crippen LogP contribution < -0.4 is 26.4 Å². The van der Waals surface area contributed by atoms with Gasteiger partial charge in [-0.15, -0.1) is 0 Å². The summed E-state index contributed by atoms with van der Waals surface area (Å²) >= 11 is 5.62. The Bertz CT molecular complexity index is 1910. The molecule has 1 aromatic heterocycles. The molecule has 0 unspecified atom stereocenters. The summed E-state index contributed by atoms with van der Waals surface area (Å²) in [7, 11) is 1.19. The third-order valence-corrected chi connectivity index (χ3v) is 9.20. The molecule has 3 atom stereocenters. The molecule has 0 spiro atoms. The molecule has 0 aliphatic rings. The fraction of sp³-hybridized carbons (Fsp3) is 0.324.